The van der Waals surface area contributed by atoms with Crippen LogP contribution in [0.15, 0.2) is 115 Å². The molecule has 0 saturated heterocycles. The van der Waals surface area contributed by atoms with Crippen LogP contribution >= 0.6 is 0 Å². The molecule has 44 heavy (non-hydrogen) atoms. The number of nitrogens with zero attached hydrogens (tertiary/aromatic N) is 1. The van der Waals surface area contributed by atoms with Gasteiger partial charge in [0.2, 0.25) is 0 Å². The lowest BCUT2D eigenvalue weighted by Crippen LogP contribution is -2.59. The van der Waals surface area contributed by atoms with Crippen LogP contribution in [0.25, 0.3) is 0 Å². The summed E-state index contributed by atoms with van der Waals surface area (Å²) in [5, 5.41) is 11.1. The largest absolute Gasteiger partial charge is 0.489 e. The van der Waals surface area contributed by atoms with Crippen molar-refractivity contribution in [3.63, 3.8) is 0 Å². The number of hydrogen-bond acceptors (Lipinski definition) is 7. The van der Waals surface area contributed by atoms with E-state index in [4.69, 9.17) is 14.2 Å². The van der Waals surface area contributed by atoms with E-state index in [1.54, 1.807) is 43.3 Å². The second kappa shape index (κ2) is 16.5. The van der Waals surface area contributed by atoms with Crippen LogP contribution < -0.4 is 10.2 Å². The second-order valence-electron chi connectivity index (χ2n) is 10.0. The first kappa shape index (κ1) is 31.8. The van der Waals surface area contributed by atoms with Gasteiger partial charge in [-0.1, -0.05) is 103 Å². The highest BCUT2D eigenvalue weighted by molar-refractivity contribution is 5.82. The first-order valence-corrected chi connectivity index (χ1v) is 14.4. The van der Waals surface area contributed by atoms with Gasteiger partial charge >= 0.3 is 18.0 Å². The Hall–Kier alpha value is -5.15. The van der Waals surface area contributed by atoms with Crippen molar-refractivity contribution >= 4 is 18.0 Å². The van der Waals surface area contributed by atoms with Crippen LogP contribution in [0, 0.1) is 0 Å². The van der Waals surface area contributed by atoms with Crippen molar-refractivity contribution in [3.8, 4) is 5.75 Å². The third-order valence-corrected chi connectivity index (χ3v) is 6.75. The predicted octanol–water partition coefficient (Wildman–Crippen LogP) is 5.58. The number of hydrogen-bond donors (Lipinski definition) is 2. The zero-order valence-corrected chi connectivity index (χ0v) is 24.5. The van der Waals surface area contributed by atoms with E-state index in [-0.39, 0.29) is 26.1 Å². The molecular weight excluding hydrogens is 560 g/mol. The van der Waals surface area contributed by atoms with Gasteiger partial charge in [-0.2, -0.15) is 0 Å². The summed E-state index contributed by atoms with van der Waals surface area (Å²) < 4.78 is 16.7. The van der Waals surface area contributed by atoms with E-state index >= 15 is 0 Å². The SMILES string of the molecule is CCOC(=O)[C@H](Cc1ccccc1)N(N[C@@H](Cc1ccc(OCc2ccccc2)cc1)C(=O)O)C(=O)OCc1ccccc1. The minimum atomic E-state index is -1.27. The van der Waals surface area contributed by atoms with Gasteiger partial charge in [0.05, 0.1) is 6.61 Å². The van der Waals surface area contributed by atoms with E-state index in [0.29, 0.717) is 17.9 Å². The number of amides is 1. The quantitative estimate of drug-likeness (QED) is 0.135. The average Bonchev–Trinajstić information content (AvgIpc) is 3.05. The number of carboxylic acid groups (broad SMARTS) is 1. The van der Waals surface area contributed by atoms with E-state index in [1.165, 1.54) is 0 Å². The average molecular weight is 597 g/mol. The number of rotatable bonds is 15. The maximum absolute atomic E-state index is 13.5. The highest BCUT2D eigenvalue weighted by Crippen LogP contribution is 2.17. The minimum Gasteiger partial charge on any atom is -0.489 e. The molecule has 0 bridgehead atoms. The van der Waals surface area contributed by atoms with Crippen LogP contribution in [-0.4, -0.2) is 46.8 Å². The van der Waals surface area contributed by atoms with E-state index in [1.807, 2.05) is 78.9 Å². The highest BCUT2D eigenvalue weighted by Gasteiger charge is 2.36. The lowest BCUT2D eigenvalue weighted by molar-refractivity contribution is -0.152. The number of ether oxygens (including phenoxy) is 3. The maximum atomic E-state index is 13.5. The van der Waals surface area contributed by atoms with Crippen LogP contribution in [0.2, 0.25) is 0 Å². The zero-order valence-electron chi connectivity index (χ0n) is 24.5. The number of nitrogens with one attached hydrogen (secondary N) is 1. The Morgan fingerprint density at radius 3 is 1.75 bits per heavy atom. The van der Waals surface area contributed by atoms with E-state index in [2.05, 4.69) is 5.43 Å². The van der Waals surface area contributed by atoms with Gasteiger partial charge in [-0.25, -0.2) is 20.0 Å². The van der Waals surface area contributed by atoms with E-state index in [9.17, 15) is 19.5 Å². The second-order valence-corrected chi connectivity index (χ2v) is 10.0. The fourth-order valence-electron chi connectivity index (χ4n) is 4.47. The molecule has 4 aromatic rings. The summed E-state index contributed by atoms with van der Waals surface area (Å²) >= 11 is 0. The number of aliphatic carboxylic acids is 1. The number of esters is 1. The van der Waals surface area contributed by atoms with Crippen molar-refractivity contribution in [1.29, 1.82) is 0 Å². The molecule has 228 valence electrons. The van der Waals surface area contributed by atoms with Crippen molar-refractivity contribution in [1.82, 2.24) is 10.4 Å². The minimum absolute atomic E-state index is 0.0116. The summed E-state index contributed by atoms with van der Waals surface area (Å²) in [6.07, 6.45) is -0.816. The number of benzene rings is 4. The summed E-state index contributed by atoms with van der Waals surface area (Å²) in [6.45, 7) is 2.07. The highest BCUT2D eigenvalue weighted by atomic mass is 16.6. The van der Waals surface area contributed by atoms with Crippen molar-refractivity contribution in [3.05, 3.63) is 138 Å². The van der Waals surface area contributed by atoms with Crippen LogP contribution in [0.1, 0.15) is 29.2 Å². The van der Waals surface area contributed by atoms with Gasteiger partial charge in [-0.15, -0.1) is 0 Å². The number of carbonyl (C=O) groups excluding carboxylic acids is 2. The normalized spacial score (nSPS) is 12.0. The molecule has 0 fully saturated rings. The molecule has 0 spiro atoms. The Kier molecular flexibility index (Phi) is 11.9. The topological polar surface area (TPSA) is 114 Å². The number of carboxylic acids is 1. The Morgan fingerprint density at radius 1 is 0.682 bits per heavy atom. The van der Waals surface area contributed by atoms with Gasteiger partial charge in [-0.3, -0.25) is 4.79 Å². The summed E-state index contributed by atoms with van der Waals surface area (Å²) in [6, 6.07) is 32.5. The van der Waals surface area contributed by atoms with Crippen molar-refractivity contribution in [2.75, 3.05) is 6.61 Å². The summed E-state index contributed by atoms with van der Waals surface area (Å²) in [4.78, 5) is 39.2. The summed E-state index contributed by atoms with van der Waals surface area (Å²) in [7, 11) is 0. The Labute approximate surface area is 257 Å². The van der Waals surface area contributed by atoms with Crippen molar-refractivity contribution in [2.24, 2.45) is 0 Å². The molecule has 4 rings (SSSR count). The van der Waals surface area contributed by atoms with Crippen molar-refractivity contribution in [2.45, 2.75) is 45.1 Å². The molecule has 2 N–H and O–H groups in total. The van der Waals surface area contributed by atoms with Gasteiger partial charge in [0.1, 0.15) is 25.0 Å². The molecule has 0 saturated carbocycles. The summed E-state index contributed by atoms with van der Waals surface area (Å²) in [5.41, 5.74) is 5.99. The molecule has 0 aromatic heterocycles. The van der Waals surface area contributed by atoms with Crippen LogP contribution in [0.4, 0.5) is 4.79 Å². The smallest absolute Gasteiger partial charge is 0.425 e. The molecule has 0 aliphatic carbocycles. The van der Waals surface area contributed by atoms with Crippen LogP contribution in [0.5, 0.6) is 5.75 Å². The molecule has 9 heteroatoms. The van der Waals surface area contributed by atoms with E-state index in [0.717, 1.165) is 21.7 Å². The predicted molar refractivity (Wildman–Crippen MR) is 165 cm³/mol. The monoisotopic (exact) mass is 596 g/mol. The van der Waals surface area contributed by atoms with Gasteiger partial charge in [0.25, 0.3) is 0 Å². The third kappa shape index (κ3) is 9.71. The molecule has 0 aliphatic rings. The molecule has 0 unspecified atom stereocenters. The maximum Gasteiger partial charge on any atom is 0.425 e. The molecule has 9 nitrogen and oxygen atoms in total. The molecule has 0 aliphatic heterocycles. The standard InChI is InChI=1S/C35H36N2O7/c1-2-42-34(40)32(23-26-12-6-3-7-13-26)37(35(41)44-25-29-16-10-5-11-17-29)36-31(33(38)39)22-27-18-20-30(21-19-27)43-24-28-14-8-4-9-15-28/h3-21,31-32,36H,2,22-25H2,1H3,(H,38,39)/t31-,32-/m0/s1. The summed E-state index contributed by atoms with van der Waals surface area (Å²) in [5.74, 6) is -1.27. The molecule has 2 atom stereocenters. The first-order chi connectivity index (χ1) is 21.4. The molecular formula is C35H36N2O7. The van der Waals surface area contributed by atoms with Crippen LogP contribution in [0.3, 0.4) is 0 Å². The van der Waals surface area contributed by atoms with Gasteiger partial charge in [-0.05, 0) is 41.3 Å². The van der Waals surface area contributed by atoms with Gasteiger partial charge in [0.15, 0.2) is 6.04 Å². The van der Waals surface area contributed by atoms with E-state index < -0.39 is 30.1 Å². The van der Waals surface area contributed by atoms with Gasteiger partial charge in [0, 0.05) is 12.8 Å². The molecule has 0 heterocycles. The lowest BCUT2D eigenvalue weighted by Gasteiger charge is -2.32. The zero-order chi connectivity index (χ0) is 31.1. The van der Waals surface area contributed by atoms with Gasteiger partial charge < -0.3 is 19.3 Å². The van der Waals surface area contributed by atoms with Crippen LogP contribution in [-0.2, 0) is 45.1 Å². The molecule has 4 aromatic carbocycles. The first-order valence-electron chi connectivity index (χ1n) is 14.4. The number of hydrazine groups is 1. The Bertz CT molecular complexity index is 1470. The Balaban J connectivity index is 1.53. The third-order valence-electron chi connectivity index (χ3n) is 6.75. The molecule has 1 amide bonds. The lowest BCUT2D eigenvalue weighted by atomic mass is 10.0. The van der Waals surface area contributed by atoms with Crippen molar-refractivity contribution < 1.29 is 33.7 Å². The fourth-order valence-corrected chi connectivity index (χ4v) is 4.47. The Morgan fingerprint density at radius 2 is 1.20 bits per heavy atom. The fraction of sp³-hybridized carbons (Fsp3) is 0.229. The number of carbonyl (C=O) groups is 3. The molecule has 0 radical (unpaired) electrons.